The van der Waals surface area contributed by atoms with Crippen molar-refractivity contribution < 1.29 is 14.0 Å². The van der Waals surface area contributed by atoms with Gasteiger partial charge in [-0.15, -0.1) is 0 Å². The van der Waals surface area contributed by atoms with Crippen LogP contribution in [0.5, 0.6) is 0 Å². The van der Waals surface area contributed by atoms with E-state index in [2.05, 4.69) is 5.32 Å². The molecule has 5 nitrogen and oxygen atoms in total. The van der Waals surface area contributed by atoms with E-state index in [1.54, 1.807) is 42.4 Å². The second-order valence-corrected chi connectivity index (χ2v) is 5.96. The van der Waals surface area contributed by atoms with Crippen molar-refractivity contribution in [3.05, 3.63) is 58.5 Å². The van der Waals surface area contributed by atoms with Crippen molar-refractivity contribution in [3.8, 4) is 0 Å². The number of rotatable bonds is 6. The Morgan fingerprint density at radius 1 is 1.29 bits per heavy atom. The van der Waals surface area contributed by atoms with E-state index in [0.717, 1.165) is 11.3 Å². The minimum Gasteiger partial charge on any atom is -0.467 e. The molecule has 0 aliphatic rings. The molecular weight excluding hydrogens is 328 g/mol. The largest absolute Gasteiger partial charge is 0.467 e. The van der Waals surface area contributed by atoms with Gasteiger partial charge in [0.05, 0.1) is 23.4 Å². The van der Waals surface area contributed by atoms with Gasteiger partial charge < -0.3 is 14.6 Å². The molecule has 2 rings (SSSR count). The van der Waals surface area contributed by atoms with Gasteiger partial charge >= 0.3 is 0 Å². The third kappa shape index (κ3) is 4.17. The Labute approximate surface area is 146 Å². The number of nitrogens with one attached hydrogen (secondary N) is 1. The van der Waals surface area contributed by atoms with E-state index in [9.17, 15) is 9.59 Å². The Morgan fingerprint density at radius 2 is 2.00 bits per heavy atom. The van der Waals surface area contributed by atoms with Gasteiger partial charge in [-0.25, -0.2) is 0 Å². The number of benzene rings is 1. The van der Waals surface area contributed by atoms with Crippen LogP contribution in [0.1, 0.15) is 35.5 Å². The first-order chi connectivity index (χ1) is 11.4. The summed E-state index contributed by atoms with van der Waals surface area (Å²) in [5.74, 6) is 0.204. The molecule has 1 atom stereocenters. The predicted octanol–water partition coefficient (Wildman–Crippen LogP) is 3.41. The van der Waals surface area contributed by atoms with Gasteiger partial charge in [0.1, 0.15) is 11.8 Å². The first-order valence-corrected chi connectivity index (χ1v) is 8.19. The van der Waals surface area contributed by atoms with Crippen LogP contribution in [-0.4, -0.2) is 29.3 Å². The molecule has 0 saturated carbocycles. The molecule has 128 valence electrons. The number of likely N-dealkylation sites (N-methyl/N-ethyl adjacent to an activating group) is 1. The number of amides is 2. The Hall–Kier alpha value is -2.27. The van der Waals surface area contributed by atoms with Crippen molar-refractivity contribution in [2.45, 2.75) is 33.4 Å². The molecule has 0 spiro atoms. The summed E-state index contributed by atoms with van der Waals surface area (Å²) in [6.45, 7) is 6.37. The maximum absolute atomic E-state index is 12.6. The first kappa shape index (κ1) is 18.1. The normalized spacial score (nSPS) is 11.8. The molecule has 0 fully saturated rings. The van der Waals surface area contributed by atoms with Crippen LogP contribution in [0.3, 0.4) is 0 Å². The Balaban J connectivity index is 2.03. The van der Waals surface area contributed by atoms with Crippen LogP contribution in [0, 0.1) is 6.92 Å². The zero-order valence-electron chi connectivity index (χ0n) is 14.0. The fraction of sp³-hybridized carbons (Fsp3) is 0.333. The van der Waals surface area contributed by atoms with Crippen LogP contribution >= 0.6 is 11.6 Å². The Kier molecular flexibility index (Phi) is 6.04. The van der Waals surface area contributed by atoms with Gasteiger partial charge in [-0.05, 0) is 44.5 Å². The standard InChI is InChI=1S/C18H21ClN2O3/c1-4-21(11-16-12(2)9-10-24-16)18(23)13(3)20-17(22)14-7-5-6-8-15(14)19/h5-10,13H,4,11H2,1-3H3,(H,20,22). The summed E-state index contributed by atoms with van der Waals surface area (Å²) in [7, 11) is 0. The number of hydrogen-bond donors (Lipinski definition) is 1. The highest BCUT2D eigenvalue weighted by Gasteiger charge is 2.23. The van der Waals surface area contributed by atoms with Gasteiger partial charge in [0.25, 0.3) is 5.91 Å². The number of nitrogens with zero attached hydrogens (tertiary/aromatic N) is 1. The summed E-state index contributed by atoms with van der Waals surface area (Å²) < 4.78 is 5.39. The summed E-state index contributed by atoms with van der Waals surface area (Å²) in [5.41, 5.74) is 1.35. The monoisotopic (exact) mass is 348 g/mol. The average Bonchev–Trinajstić information content (AvgIpc) is 2.97. The van der Waals surface area contributed by atoms with Gasteiger partial charge in [0.2, 0.25) is 5.91 Å². The van der Waals surface area contributed by atoms with E-state index in [0.29, 0.717) is 23.7 Å². The molecule has 0 radical (unpaired) electrons. The van der Waals surface area contributed by atoms with E-state index >= 15 is 0 Å². The predicted molar refractivity (Wildman–Crippen MR) is 92.9 cm³/mol. The molecule has 1 heterocycles. The number of hydrogen-bond acceptors (Lipinski definition) is 3. The third-order valence-electron chi connectivity index (χ3n) is 3.83. The van der Waals surface area contributed by atoms with Crippen molar-refractivity contribution in [1.82, 2.24) is 10.2 Å². The highest BCUT2D eigenvalue weighted by Crippen LogP contribution is 2.15. The molecule has 1 N–H and O–H groups in total. The van der Waals surface area contributed by atoms with Crippen LogP contribution in [0.15, 0.2) is 41.0 Å². The fourth-order valence-corrected chi connectivity index (χ4v) is 2.56. The summed E-state index contributed by atoms with van der Waals surface area (Å²) in [6, 6.07) is 7.93. The smallest absolute Gasteiger partial charge is 0.253 e. The first-order valence-electron chi connectivity index (χ1n) is 7.81. The van der Waals surface area contributed by atoms with E-state index in [1.165, 1.54) is 0 Å². The minimum atomic E-state index is -0.663. The number of halogens is 1. The van der Waals surface area contributed by atoms with Crippen molar-refractivity contribution in [2.24, 2.45) is 0 Å². The van der Waals surface area contributed by atoms with Crippen molar-refractivity contribution in [3.63, 3.8) is 0 Å². The molecular formula is C18H21ClN2O3. The maximum Gasteiger partial charge on any atom is 0.253 e. The van der Waals surface area contributed by atoms with E-state index < -0.39 is 6.04 Å². The van der Waals surface area contributed by atoms with E-state index in [1.807, 2.05) is 19.9 Å². The van der Waals surface area contributed by atoms with Crippen molar-refractivity contribution in [2.75, 3.05) is 6.54 Å². The van der Waals surface area contributed by atoms with Crippen LogP contribution in [-0.2, 0) is 11.3 Å². The van der Waals surface area contributed by atoms with Gasteiger partial charge in [-0.1, -0.05) is 23.7 Å². The van der Waals surface area contributed by atoms with Crippen LogP contribution in [0.25, 0.3) is 0 Å². The van der Waals surface area contributed by atoms with Crippen molar-refractivity contribution >= 4 is 23.4 Å². The molecule has 0 aliphatic heterocycles. The van der Waals surface area contributed by atoms with Crippen molar-refractivity contribution in [1.29, 1.82) is 0 Å². The van der Waals surface area contributed by atoms with E-state index in [-0.39, 0.29) is 11.8 Å². The number of aryl methyl sites for hydroxylation is 1. The number of carbonyl (C=O) groups excluding carboxylic acids is 2. The zero-order valence-corrected chi connectivity index (χ0v) is 14.8. The number of carbonyl (C=O) groups is 2. The molecule has 1 aromatic heterocycles. The second-order valence-electron chi connectivity index (χ2n) is 5.55. The molecule has 24 heavy (non-hydrogen) atoms. The second kappa shape index (κ2) is 8.02. The van der Waals surface area contributed by atoms with Gasteiger partial charge in [-0.3, -0.25) is 9.59 Å². The Bertz CT molecular complexity index is 727. The average molecular weight is 349 g/mol. The van der Waals surface area contributed by atoms with Crippen LogP contribution in [0.4, 0.5) is 0 Å². The van der Waals surface area contributed by atoms with Gasteiger partial charge in [-0.2, -0.15) is 0 Å². The van der Waals surface area contributed by atoms with Crippen LogP contribution in [0.2, 0.25) is 5.02 Å². The Morgan fingerprint density at radius 3 is 2.58 bits per heavy atom. The quantitative estimate of drug-likeness (QED) is 0.870. The van der Waals surface area contributed by atoms with Crippen LogP contribution < -0.4 is 5.32 Å². The van der Waals surface area contributed by atoms with Gasteiger partial charge in [0.15, 0.2) is 0 Å². The lowest BCUT2D eigenvalue weighted by atomic mass is 10.2. The summed E-state index contributed by atoms with van der Waals surface area (Å²) >= 11 is 6.02. The lowest BCUT2D eigenvalue weighted by molar-refractivity contribution is -0.133. The SMILES string of the molecule is CCN(Cc1occc1C)C(=O)C(C)NC(=O)c1ccccc1Cl. The summed E-state index contributed by atoms with van der Waals surface area (Å²) in [6.07, 6.45) is 1.60. The maximum atomic E-state index is 12.6. The fourth-order valence-electron chi connectivity index (χ4n) is 2.34. The molecule has 0 saturated heterocycles. The molecule has 2 amide bonds. The topological polar surface area (TPSA) is 62.6 Å². The highest BCUT2D eigenvalue weighted by molar-refractivity contribution is 6.33. The molecule has 6 heteroatoms. The molecule has 1 aromatic carbocycles. The van der Waals surface area contributed by atoms with E-state index in [4.69, 9.17) is 16.0 Å². The summed E-state index contributed by atoms with van der Waals surface area (Å²) in [4.78, 5) is 26.5. The van der Waals surface area contributed by atoms with Gasteiger partial charge in [0, 0.05) is 6.54 Å². The molecule has 0 aliphatic carbocycles. The number of furan rings is 1. The highest BCUT2D eigenvalue weighted by atomic mass is 35.5. The minimum absolute atomic E-state index is 0.172. The zero-order chi connectivity index (χ0) is 17.7. The third-order valence-corrected chi connectivity index (χ3v) is 4.16. The lowest BCUT2D eigenvalue weighted by Crippen LogP contribution is -2.46. The summed E-state index contributed by atoms with van der Waals surface area (Å²) in [5, 5.41) is 3.06. The molecule has 2 aromatic rings. The lowest BCUT2D eigenvalue weighted by Gasteiger charge is -2.24. The molecule has 1 unspecified atom stereocenters. The molecule has 0 bridgehead atoms.